The van der Waals surface area contributed by atoms with E-state index >= 15 is 0 Å². The highest BCUT2D eigenvalue weighted by molar-refractivity contribution is 6.25. The number of aryl methyl sites for hydroxylation is 1. The van der Waals surface area contributed by atoms with Crippen LogP contribution in [0.15, 0.2) is 73.2 Å². The average molecular weight is 1020 g/mol. The summed E-state index contributed by atoms with van der Waals surface area (Å²) in [5.74, 6) is -2.36. The zero-order valence-electron chi connectivity index (χ0n) is 38.7. The van der Waals surface area contributed by atoms with Crippen LogP contribution in [0.3, 0.4) is 0 Å². The molecule has 5 aromatic rings. The van der Waals surface area contributed by atoms with E-state index in [-0.39, 0.29) is 47.2 Å². The van der Waals surface area contributed by atoms with Crippen LogP contribution in [0.5, 0.6) is 5.75 Å². The molecule has 72 heavy (non-hydrogen) atoms. The van der Waals surface area contributed by atoms with Crippen LogP contribution >= 0.6 is 11.6 Å². The Balaban J connectivity index is 0.669. The van der Waals surface area contributed by atoms with E-state index in [1.807, 2.05) is 11.1 Å². The zero-order chi connectivity index (χ0) is 50.6. The van der Waals surface area contributed by atoms with Gasteiger partial charge in [-0.05, 0) is 74.2 Å². The first kappa shape index (κ1) is 51.0. The quantitative estimate of drug-likeness (QED) is 0.0317. The number of ether oxygens (including phenoxy) is 4. The van der Waals surface area contributed by atoms with Crippen LogP contribution in [0.1, 0.15) is 68.9 Å². The minimum Gasteiger partial charge on any atom is -0.420 e. The molecule has 1 unspecified atom stereocenters. The summed E-state index contributed by atoms with van der Waals surface area (Å²) < 4.78 is 48.9. The van der Waals surface area contributed by atoms with E-state index < -0.39 is 41.1 Å². The molecular weight excluding hydrogens is 966 g/mol. The largest absolute Gasteiger partial charge is 0.487 e. The molecule has 25 heteroatoms. The minimum atomic E-state index is -3.86. The average Bonchev–Trinajstić information content (AvgIpc) is 4.19. The van der Waals surface area contributed by atoms with Gasteiger partial charge in [0.2, 0.25) is 17.7 Å². The number of amides is 6. The van der Waals surface area contributed by atoms with Crippen molar-refractivity contribution in [3.05, 3.63) is 95.6 Å². The second-order valence-electron chi connectivity index (χ2n) is 16.9. The number of fused-ring (bicyclic) bond motifs is 1. The van der Waals surface area contributed by atoms with Crippen LogP contribution in [0.2, 0.25) is 0 Å². The fourth-order valence-electron chi connectivity index (χ4n) is 8.36. The molecule has 0 bridgehead atoms. The third kappa shape index (κ3) is 13.3. The van der Waals surface area contributed by atoms with Crippen LogP contribution < -0.4 is 30.9 Å². The number of anilines is 3. The number of nitrogens with zero attached hydrogens (tertiary/aromatic N) is 7. The number of alkyl halides is 3. The van der Waals surface area contributed by atoms with Gasteiger partial charge in [-0.2, -0.15) is 5.10 Å². The summed E-state index contributed by atoms with van der Waals surface area (Å²) in [7, 11) is 0. The molecule has 0 saturated carbocycles. The Bertz CT molecular complexity index is 2740. The molecule has 380 valence electrons. The van der Waals surface area contributed by atoms with E-state index in [9.17, 15) is 37.5 Å². The topological polar surface area (TPSA) is 266 Å². The maximum absolute atomic E-state index is 13.2. The molecule has 2 fully saturated rings. The molecule has 6 amide bonds. The van der Waals surface area contributed by atoms with E-state index in [2.05, 4.69) is 51.5 Å². The van der Waals surface area contributed by atoms with Crippen molar-refractivity contribution in [2.24, 2.45) is 0 Å². The minimum absolute atomic E-state index is 0.0454. The number of halogens is 3. The summed E-state index contributed by atoms with van der Waals surface area (Å²) in [5.41, 5.74) is -0.395. The Hall–Kier alpha value is -7.41. The highest BCUT2D eigenvalue weighted by atomic mass is 35.5. The summed E-state index contributed by atoms with van der Waals surface area (Å²) in [6.45, 7) is 4.06. The number of piperidine rings is 1. The van der Waals surface area contributed by atoms with E-state index in [4.69, 9.17) is 25.8 Å². The number of pyridine rings is 1. The second kappa shape index (κ2) is 23.7. The fraction of sp³-hybridized carbons (Fsp3) is 0.404. The normalized spacial score (nSPS) is 16.8. The van der Waals surface area contributed by atoms with Gasteiger partial charge in [-0.25, -0.2) is 9.67 Å². The highest BCUT2D eigenvalue weighted by Gasteiger charge is 2.45. The van der Waals surface area contributed by atoms with Crippen LogP contribution in [0, 0.1) is 0 Å². The number of hydrogen-bond acceptors (Lipinski definition) is 16. The van der Waals surface area contributed by atoms with Crippen LogP contribution in [-0.2, 0) is 41.6 Å². The summed E-state index contributed by atoms with van der Waals surface area (Å²) in [4.78, 5) is 84.0. The molecule has 22 nitrogen and oxygen atoms in total. The SMILES string of the molecule is O=C1CCC(N2C(=O)c3cccc(NCCOCCOCCOCCn4cc(CCCC(=O)N[C@@H]5CCN(c6ncc(C(=O)Nc7ccc(OC(F)(F)Cl)cc7)cc6-c6ccn[nH]6)C5)nn4)c3C2=O)C(=O)N1. The van der Waals surface area contributed by atoms with Gasteiger partial charge in [0.25, 0.3) is 17.7 Å². The second-order valence-corrected chi connectivity index (χ2v) is 17.3. The molecule has 2 aromatic carbocycles. The third-order valence-electron chi connectivity index (χ3n) is 11.8. The van der Waals surface area contributed by atoms with Gasteiger partial charge in [0.15, 0.2) is 0 Å². The Kier molecular flexibility index (Phi) is 16.8. The lowest BCUT2D eigenvalue weighted by Gasteiger charge is -2.27. The third-order valence-corrected chi connectivity index (χ3v) is 11.9. The molecule has 6 heterocycles. The predicted molar refractivity (Wildman–Crippen MR) is 253 cm³/mol. The lowest BCUT2D eigenvalue weighted by molar-refractivity contribution is -0.136. The summed E-state index contributed by atoms with van der Waals surface area (Å²) in [6.07, 6.45) is 7.15. The van der Waals surface area contributed by atoms with Gasteiger partial charge >= 0.3 is 5.57 Å². The van der Waals surface area contributed by atoms with Gasteiger partial charge in [-0.3, -0.25) is 44.1 Å². The van der Waals surface area contributed by atoms with Gasteiger partial charge < -0.3 is 39.8 Å². The van der Waals surface area contributed by atoms with E-state index in [0.29, 0.717) is 120 Å². The predicted octanol–water partition coefficient (Wildman–Crippen LogP) is 3.76. The van der Waals surface area contributed by atoms with E-state index in [1.165, 1.54) is 36.5 Å². The van der Waals surface area contributed by atoms with Crippen LogP contribution in [0.4, 0.5) is 26.0 Å². The molecule has 3 aromatic heterocycles. The molecule has 8 rings (SSSR count). The Morgan fingerprint density at radius 1 is 0.917 bits per heavy atom. The van der Waals surface area contributed by atoms with Gasteiger partial charge in [0.05, 0.1) is 74.3 Å². The number of carbonyl (C=O) groups excluding carboxylic acids is 6. The molecule has 0 spiro atoms. The lowest BCUT2D eigenvalue weighted by atomic mass is 10.0. The molecular formula is C47H51ClF2N12O10. The van der Waals surface area contributed by atoms with E-state index in [0.717, 1.165) is 10.6 Å². The first-order valence-electron chi connectivity index (χ1n) is 23.2. The summed E-state index contributed by atoms with van der Waals surface area (Å²) in [6, 6.07) is 12.5. The number of H-pyrrole nitrogens is 1. The Labute approximate surface area is 415 Å². The lowest BCUT2D eigenvalue weighted by Crippen LogP contribution is -2.54. The number of imide groups is 2. The molecule has 2 saturated heterocycles. The standard InChI is InChI=1S/C47H51ClF2N12O10/c48-47(49,50)72-33-9-7-30(8-10-33)55-43(65)29-25-35(36-13-15-53-58-36)42(52-26-29)60-17-14-31(27-60)54-39(63)6-1-3-32-28-61(59-57-32)18-20-70-22-24-71-23-21-69-19-16-51-37-5-2-4-34-41(37)46(68)62(45(34)67)38-11-12-40(64)56-44(38)66/h2,4-5,7-10,13,15,25-26,28,31,38,51H,1,3,6,11-12,14,16-24,27H2,(H,53,58)(H,54,63)(H,55,65)(H,56,64,66)/t31-,38?/m1/s1. The van der Waals surface area contributed by atoms with Crippen molar-refractivity contribution in [3.8, 4) is 17.0 Å². The zero-order valence-corrected chi connectivity index (χ0v) is 39.5. The van der Waals surface area contributed by atoms with Gasteiger partial charge in [-0.15, -0.1) is 13.9 Å². The monoisotopic (exact) mass is 1020 g/mol. The van der Waals surface area contributed by atoms with Crippen molar-refractivity contribution in [3.63, 3.8) is 0 Å². The number of nitrogens with one attached hydrogen (secondary N) is 5. The number of rotatable bonds is 25. The smallest absolute Gasteiger partial charge is 0.420 e. The van der Waals surface area contributed by atoms with Crippen molar-refractivity contribution < 1.29 is 56.5 Å². The maximum Gasteiger partial charge on any atom is 0.487 e. The molecule has 5 N–H and O–H groups in total. The summed E-state index contributed by atoms with van der Waals surface area (Å²) >= 11 is 4.83. The van der Waals surface area contributed by atoms with E-state index in [1.54, 1.807) is 35.1 Å². The number of benzene rings is 2. The number of hydrogen-bond donors (Lipinski definition) is 5. The number of aromatic nitrogens is 6. The highest BCUT2D eigenvalue weighted by Crippen LogP contribution is 2.34. The van der Waals surface area contributed by atoms with Crippen LogP contribution in [0.25, 0.3) is 11.3 Å². The Morgan fingerprint density at radius 2 is 1.69 bits per heavy atom. The van der Waals surface area contributed by atoms with Crippen molar-refractivity contribution in [2.45, 2.75) is 62.7 Å². The molecule has 0 aliphatic carbocycles. The fourth-order valence-corrected chi connectivity index (χ4v) is 8.45. The van der Waals surface area contributed by atoms with Crippen molar-refractivity contribution in [1.82, 2.24) is 45.7 Å². The number of carbonyl (C=O) groups is 6. The van der Waals surface area contributed by atoms with Crippen molar-refractivity contribution in [2.75, 3.05) is 74.8 Å². The van der Waals surface area contributed by atoms with Gasteiger partial charge in [-0.1, -0.05) is 11.3 Å². The number of aromatic amines is 1. The molecule has 2 atom stereocenters. The van der Waals surface area contributed by atoms with Crippen molar-refractivity contribution in [1.29, 1.82) is 0 Å². The molecule has 3 aliphatic heterocycles. The Morgan fingerprint density at radius 3 is 2.44 bits per heavy atom. The van der Waals surface area contributed by atoms with Crippen LogP contribution in [-0.4, -0.2) is 147 Å². The maximum atomic E-state index is 13.2. The molecule has 3 aliphatic rings. The van der Waals surface area contributed by atoms with Gasteiger partial charge in [0.1, 0.15) is 17.6 Å². The first-order chi connectivity index (χ1) is 34.8. The molecule has 0 radical (unpaired) electrons. The first-order valence-corrected chi connectivity index (χ1v) is 23.6. The van der Waals surface area contributed by atoms with Gasteiger partial charge in [0, 0.05) is 85.6 Å². The summed E-state index contributed by atoms with van der Waals surface area (Å²) in [5, 5.41) is 26.6. The van der Waals surface area contributed by atoms with Crippen molar-refractivity contribution >= 4 is 64.2 Å².